The maximum atomic E-state index is 11.9. The highest BCUT2D eigenvalue weighted by molar-refractivity contribution is 5.69. The largest absolute Gasteiger partial charge is 0.514 e. The number of carbonyl (C=O) groups is 2. The second-order valence-corrected chi connectivity index (χ2v) is 5.70. The molecule has 0 N–H and O–H groups in total. The fraction of sp³-hybridized carbons (Fsp3) is 0.0909. The van der Waals surface area contributed by atoms with E-state index in [1.54, 1.807) is 12.1 Å². The molecule has 0 heterocycles. The molecule has 0 aliphatic carbocycles. The molecule has 0 saturated carbocycles. The van der Waals surface area contributed by atoms with Gasteiger partial charge in [0.1, 0.15) is 13.2 Å². The molecule has 0 aliphatic heterocycles. The van der Waals surface area contributed by atoms with Crippen LogP contribution in [0, 0.1) is 0 Å². The van der Waals surface area contributed by atoms with Crippen molar-refractivity contribution < 1.29 is 28.5 Å². The van der Waals surface area contributed by atoms with E-state index in [2.05, 4.69) is 0 Å². The van der Waals surface area contributed by atoms with E-state index in [4.69, 9.17) is 18.9 Å². The second kappa shape index (κ2) is 9.78. The van der Waals surface area contributed by atoms with E-state index in [9.17, 15) is 9.59 Å². The molecule has 0 fully saturated rings. The van der Waals surface area contributed by atoms with Crippen LogP contribution in [0.2, 0.25) is 0 Å². The Balaban J connectivity index is 1.53. The van der Waals surface area contributed by atoms with Crippen molar-refractivity contribution in [2.75, 3.05) is 0 Å². The van der Waals surface area contributed by atoms with Crippen LogP contribution in [0.4, 0.5) is 9.59 Å². The fourth-order valence-electron chi connectivity index (χ4n) is 2.29. The number of carbonyl (C=O) groups excluding carboxylic acids is 2. The molecule has 28 heavy (non-hydrogen) atoms. The molecule has 0 atom stereocenters. The highest BCUT2D eigenvalue weighted by Crippen LogP contribution is 2.27. The third-order valence-electron chi connectivity index (χ3n) is 3.63. The van der Waals surface area contributed by atoms with Gasteiger partial charge < -0.3 is 18.9 Å². The van der Waals surface area contributed by atoms with Crippen molar-refractivity contribution in [2.45, 2.75) is 13.2 Å². The number of hydrogen-bond donors (Lipinski definition) is 0. The Morgan fingerprint density at radius 1 is 0.536 bits per heavy atom. The number of hydrogen-bond acceptors (Lipinski definition) is 6. The van der Waals surface area contributed by atoms with Gasteiger partial charge in [0.15, 0.2) is 11.5 Å². The van der Waals surface area contributed by atoms with E-state index >= 15 is 0 Å². The van der Waals surface area contributed by atoms with Crippen molar-refractivity contribution >= 4 is 12.3 Å². The molecule has 6 heteroatoms. The molecular weight excluding hydrogens is 360 g/mol. The summed E-state index contributed by atoms with van der Waals surface area (Å²) < 4.78 is 20.4. The summed E-state index contributed by atoms with van der Waals surface area (Å²) in [6, 6.07) is 24.7. The lowest BCUT2D eigenvalue weighted by Gasteiger charge is -2.11. The minimum atomic E-state index is -0.905. The van der Waals surface area contributed by atoms with Gasteiger partial charge in [-0.1, -0.05) is 72.8 Å². The van der Waals surface area contributed by atoms with E-state index in [0.717, 1.165) is 11.1 Å². The summed E-state index contributed by atoms with van der Waals surface area (Å²) in [6.45, 7) is 0.142. The summed E-state index contributed by atoms with van der Waals surface area (Å²) in [7, 11) is 0. The van der Waals surface area contributed by atoms with E-state index in [0.29, 0.717) is 0 Å². The number of rotatable bonds is 6. The van der Waals surface area contributed by atoms with Gasteiger partial charge >= 0.3 is 12.3 Å². The lowest BCUT2D eigenvalue weighted by molar-refractivity contribution is 0.0832. The Bertz CT molecular complexity index is 832. The van der Waals surface area contributed by atoms with Gasteiger partial charge in [-0.05, 0) is 23.3 Å². The molecule has 0 radical (unpaired) electrons. The minimum absolute atomic E-state index is 0.0530. The first-order chi connectivity index (χ1) is 13.7. The zero-order valence-corrected chi connectivity index (χ0v) is 14.9. The van der Waals surface area contributed by atoms with Gasteiger partial charge in [-0.3, -0.25) is 0 Å². The quantitative estimate of drug-likeness (QED) is 0.438. The predicted octanol–water partition coefficient (Wildman–Crippen LogP) is 5.12. The van der Waals surface area contributed by atoms with Crippen LogP contribution in [-0.4, -0.2) is 12.3 Å². The Morgan fingerprint density at radius 3 is 1.29 bits per heavy atom. The maximum absolute atomic E-state index is 11.9. The van der Waals surface area contributed by atoms with Gasteiger partial charge in [0.05, 0.1) is 0 Å². The van der Waals surface area contributed by atoms with Crippen molar-refractivity contribution in [3.05, 3.63) is 96.1 Å². The van der Waals surface area contributed by atoms with Crippen LogP contribution >= 0.6 is 0 Å². The van der Waals surface area contributed by atoms with Crippen LogP contribution in [-0.2, 0) is 22.7 Å². The van der Waals surface area contributed by atoms with E-state index in [-0.39, 0.29) is 24.7 Å². The molecule has 0 amide bonds. The first kappa shape index (κ1) is 19.0. The molecule has 0 bridgehead atoms. The molecule has 0 spiro atoms. The number of benzene rings is 3. The molecule has 0 aromatic heterocycles. The lowest BCUT2D eigenvalue weighted by atomic mass is 10.2. The van der Waals surface area contributed by atoms with Gasteiger partial charge in [-0.15, -0.1) is 0 Å². The molecule has 3 rings (SSSR count). The second-order valence-electron chi connectivity index (χ2n) is 5.70. The van der Waals surface area contributed by atoms with Crippen molar-refractivity contribution in [3.63, 3.8) is 0 Å². The standard InChI is InChI=1S/C22H18O6/c23-21(25-15-17-9-3-1-4-10-17)27-19-13-7-8-14-20(19)28-22(24)26-16-18-11-5-2-6-12-18/h1-14H,15-16H2. The van der Waals surface area contributed by atoms with Crippen molar-refractivity contribution in [3.8, 4) is 11.5 Å². The lowest BCUT2D eigenvalue weighted by Crippen LogP contribution is -2.14. The van der Waals surface area contributed by atoms with Crippen molar-refractivity contribution in [2.24, 2.45) is 0 Å². The number of para-hydroxylation sites is 2. The first-order valence-corrected chi connectivity index (χ1v) is 8.57. The molecule has 0 saturated heterocycles. The Labute approximate surface area is 162 Å². The highest BCUT2D eigenvalue weighted by atomic mass is 16.7. The van der Waals surface area contributed by atoms with Crippen LogP contribution < -0.4 is 9.47 Å². The van der Waals surface area contributed by atoms with Crippen LogP contribution in [0.15, 0.2) is 84.9 Å². The molecule has 3 aromatic rings. The monoisotopic (exact) mass is 378 g/mol. The Kier molecular flexibility index (Phi) is 6.62. The predicted molar refractivity (Wildman–Crippen MR) is 101 cm³/mol. The van der Waals surface area contributed by atoms with Crippen LogP contribution in [0.25, 0.3) is 0 Å². The van der Waals surface area contributed by atoms with Crippen LogP contribution in [0.1, 0.15) is 11.1 Å². The normalized spacial score (nSPS) is 10.0. The average molecular weight is 378 g/mol. The molecular formula is C22H18O6. The summed E-state index contributed by atoms with van der Waals surface area (Å²) >= 11 is 0. The zero-order chi connectivity index (χ0) is 19.6. The highest BCUT2D eigenvalue weighted by Gasteiger charge is 2.15. The van der Waals surface area contributed by atoms with Gasteiger partial charge in [0, 0.05) is 0 Å². The fourth-order valence-corrected chi connectivity index (χ4v) is 2.29. The third kappa shape index (κ3) is 5.88. The Hall–Kier alpha value is -3.80. The van der Waals surface area contributed by atoms with Crippen molar-refractivity contribution in [1.29, 1.82) is 0 Å². The van der Waals surface area contributed by atoms with Gasteiger partial charge in [-0.2, -0.15) is 0 Å². The molecule has 6 nitrogen and oxygen atoms in total. The van der Waals surface area contributed by atoms with Gasteiger partial charge in [0.2, 0.25) is 0 Å². The van der Waals surface area contributed by atoms with Crippen LogP contribution in [0.5, 0.6) is 11.5 Å². The van der Waals surface area contributed by atoms with Crippen molar-refractivity contribution in [1.82, 2.24) is 0 Å². The molecule has 0 aliphatic rings. The maximum Gasteiger partial charge on any atom is 0.514 e. The summed E-state index contributed by atoms with van der Waals surface area (Å²) in [5.74, 6) is 0.106. The topological polar surface area (TPSA) is 71.1 Å². The third-order valence-corrected chi connectivity index (χ3v) is 3.63. The molecule has 3 aromatic carbocycles. The summed E-state index contributed by atoms with van der Waals surface area (Å²) in [5.41, 5.74) is 1.65. The Morgan fingerprint density at radius 2 is 0.893 bits per heavy atom. The summed E-state index contributed by atoms with van der Waals surface area (Å²) in [6.07, 6.45) is -1.81. The molecule has 142 valence electrons. The van der Waals surface area contributed by atoms with E-state index in [1.165, 1.54) is 12.1 Å². The SMILES string of the molecule is O=C(OCc1ccccc1)Oc1ccccc1OC(=O)OCc1ccccc1. The smallest absolute Gasteiger partial charge is 0.429 e. The minimum Gasteiger partial charge on any atom is -0.429 e. The van der Waals surface area contributed by atoms with Gasteiger partial charge in [-0.25, -0.2) is 9.59 Å². The summed E-state index contributed by atoms with van der Waals surface area (Å²) in [5, 5.41) is 0. The first-order valence-electron chi connectivity index (χ1n) is 8.57. The zero-order valence-electron chi connectivity index (χ0n) is 14.9. The summed E-state index contributed by atoms with van der Waals surface area (Å²) in [4.78, 5) is 23.8. The average Bonchev–Trinajstić information content (AvgIpc) is 2.74. The van der Waals surface area contributed by atoms with Gasteiger partial charge in [0.25, 0.3) is 0 Å². The van der Waals surface area contributed by atoms with Crippen LogP contribution in [0.3, 0.4) is 0 Å². The molecule has 0 unspecified atom stereocenters. The number of ether oxygens (including phenoxy) is 4. The van der Waals surface area contributed by atoms with E-state index < -0.39 is 12.3 Å². The van der Waals surface area contributed by atoms with E-state index in [1.807, 2.05) is 60.7 Å².